The van der Waals surface area contributed by atoms with Gasteiger partial charge in [0.2, 0.25) is 5.91 Å². The van der Waals surface area contributed by atoms with Gasteiger partial charge in [0.15, 0.2) is 0 Å². The summed E-state index contributed by atoms with van der Waals surface area (Å²) in [5, 5.41) is 6.51. The van der Waals surface area contributed by atoms with Crippen molar-refractivity contribution in [3.63, 3.8) is 0 Å². The predicted octanol–water partition coefficient (Wildman–Crippen LogP) is 0.564. The molecule has 70 valence electrons. The molecule has 0 aromatic rings. The summed E-state index contributed by atoms with van der Waals surface area (Å²) in [4.78, 5) is 11.4. The molecule has 1 aliphatic rings. The minimum Gasteiger partial charge on any atom is -0.355 e. The van der Waals surface area contributed by atoms with Crippen molar-refractivity contribution in [2.75, 3.05) is 12.3 Å². The molecular weight excluding hydrogens is 172 g/mol. The van der Waals surface area contributed by atoms with Crippen LogP contribution in [0, 0.1) is 0 Å². The first-order chi connectivity index (χ1) is 5.74. The summed E-state index contributed by atoms with van der Waals surface area (Å²) in [7, 11) is 0. The Hall–Kier alpha value is -0.220. The fourth-order valence-electron chi connectivity index (χ4n) is 1.14. The Morgan fingerprint density at radius 1 is 1.75 bits per heavy atom. The van der Waals surface area contributed by atoms with Crippen molar-refractivity contribution < 1.29 is 4.79 Å². The summed E-state index contributed by atoms with van der Waals surface area (Å²) < 4.78 is 0. The Balaban J connectivity index is 2.23. The van der Waals surface area contributed by atoms with Crippen LogP contribution < -0.4 is 10.6 Å². The summed E-state index contributed by atoms with van der Waals surface area (Å²) in [6, 6.07) is 0.0246. The van der Waals surface area contributed by atoms with Gasteiger partial charge in [0.1, 0.15) is 0 Å². The highest BCUT2D eigenvalue weighted by atomic mass is 32.2. The molecule has 1 aliphatic heterocycles. The molecule has 0 saturated carbocycles. The maximum atomic E-state index is 11.4. The first-order valence-corrected chi connectivity index (χ1v) is 5.44. The van der Waals surface area contributed by atoms with Crippen LogP contribution in [0.1, 0.15) is 20.3 Å². The number of nitrogens with one attached hydrogen (secondary N) is 2. The second-order valence-corrected chi connectivity index (χ2v) is 4.36. The zero-order valence-electron chi connectivity index (χ0n) is 7.59. The van der Waals surface area contributed by atoms with E-state index in [4.69, 9.17) is 0 Å². The molecule has 1 unspecified atom stereocenters. The van der Waals surface area contributed by atoms with E-state index in [0.717, 1.165) is 18.7 Å². The molecule has 1 amide bonds. The Morgan fingerprint density at radius 3 is 3.00 bits per heavy atom. The van der Waals surface area contributed by atoms with Gasteiger partial charge >= 0.3 is 0 Å². The topological polar surface area (TPSA) is 41.1 Å². The Kier molecular flexibility index (Phi) is 3.88. The third kappa shape index (κ3) is 2.68. The smallest absolute Gasteiger partial charge is 0.238 e. The van der Waals surface area contributed by atoms with Crippen molar-refractivity contribution in [2.45, 2.75) is 31.7 Å². The highest BCUT2D eigenvalue weighted by Gasteiger charge is 2.26. The summed E-state index contributed by atoms with van der Waals surface area (Å²) in [5.41, 5.74) is 0. The Labute approximate surface area is 77.7 Å². The van der Waals surface area contributed by atoms with Gasteiger partial charge in [-0.05, 0) is 13.3 Å². The number of thioether (sulfide) groups is 1. The highest BCUT2D eigenvalue weighted by Crippen LogP contribution is 2.17. The monoisotopic (exact) mass is 188 g/mol. The van der Waals surface area contributed by atoms with E-state index in [9.17, 15) is 4.79 Å². The quantitative estimate of drug-likeness (QED) is 0.680. The van der Waals surface area contributed by atoms with Gasteiger partial charge in [-0.25, -0.2) is 0 Å². The van der Waals surface area contributed by atoms with Gasteiger partial charge in [0.05, 0.1) is 11.4 Å². The minimum absolute atomic E-state index is 0.0246. The number of rotatable bonds is 3. The van der Waals surface area contributed by atoms with Crippen molar-refractivity contribution in [1.29, 1.82) is 0 Å². The lowest BCUT2D eigenvalue weighted by molar-refractivity contribution is -0.122. The molecule has 2 N–H and O–H groups in total. The average molecular weight is 188 g/mol. The normalized spacial score (nSPS) is 28.8. The van der Waals surface area contributed by atoms with Crippen LogP contribution in [0.3, 0.4) is 0 Å². The van der Waals surface area contributed by atoms with Crippen molar-refractivity contribution in [3.05, 3.63) is 0 Å². The lowest BCUT2D eigenvalue weighted by atomic mass is 10.3. The molecule has 1 rings (SSSR count). The van der Waals surface area contributed by atoms with E-state index in [1.165, 1.54) is 0 Å². The molecule has 3 nitrogen and oxygen atoms in total. The molecule has 0 aliphatic carbocycles. The molecule has 0 aromatic carbocycles. The molecule has 1 fully saturated rings. The van der Waals surface area contributed by atoms with Crippen LogP contribution in [0.4, 0.5) is 0 Å². The van der Waals surface area contributed by atoms with Crippen LogP contribution in [-0.4, -0.2) is 29.6 Å². The largest absolute Gasteiger partial charge is 0.355 e. The summed E-state index contributed by atoms with van der Waals surface area (Å²) in [6.45, 7) is 4.92. The Bertz CT molecular complexity index is 163. The standard InChI is InChI=1S/C8H16N2OS/c1-3-4-9-8(11)7-5-12-6(2)10-7/h6-7,10H,3-5H2,1-2H3,(H,9,11)/t6?,7-/m0/s1. The van der Waals surface area contributed by atoms with Gasteiger partial charge in [0, 0.05) is 12.3 Å². The maximum absolute atomic E-state index is 11.4. The van der Waals surface area contributed by atoms with E-state index in [1.54, 1.807) is 11.8 Å². The molecule has 0 radical (unpaired) electrons. The summed E-state index contributed by atoms with van der Waals surface area (Å²) >= 11 is 1.80. The van der Waals surface area contributed by atoms with E-state index < -0.39 is 0 Å². The first-order valence-electron chi connectivity index (χ1n) is 4.39. The molecule has 1 saturated heterocycles. The van der Waals surface area contributed by atoms with Gasteiger partial charge in [-0.1, -0.05) is 6.92 Å². The number of amides is 1. The number of hydrogen-bond acceptors (Lipinski definition) is 3. The second kappa shape index (κ2) is 4.72. The molecular formula is C8H16N2OS. The zero-order chi connectivity index (χ0) is 8.97. The van der Waals surface area contributed by atoms with Crippen molar-refractivity contribution >= 4 is 17.7 Å². The molecule has 12 heavy (non-hydrogen) atoms. The van der Waals surface area contributed by atoms with Crippen LogP contribution in [0.15, 0.2) is 0 Å². The van der Waals surface area contributed by atoms with Crippen LogP contribution in [-0.2, 0) is 4.79 Å². The van der Waals surface area contributed by atoms with E-state index >= 15 is 0 Å². The third-order valence-corrected chi connectivity index (χ3v) is 2.98. The predicted molar refractivity (Wildman–Crippen MR) is 52.1 cm³/mol. The van der Waals surface area contributed by atoms with Crippen molar-refractivity contribution in [1.82, 2.24) is 10.6 Å². The van der Waals surface area contributed by atoms with Gasteiger partial charge in [-0.3, -0.25) is 10.1 Å². The molecule has 0 bridgehead atoms. The lowest BCUT2D eigenvalue weighted by Crippen LogP contribution is -2.43. The molecule has 0 aromatic heterocycles. The van der Waals surface area contributed by atoms with Crippen LogP contribution in [0.5, 0.6) is 0 Å². The lowest BCUT2D eigenvalue weighted by Gasteiger charge is -2.10. The maximum Gasteiger partial charge on any atom is 0.238 e. The second-order valence-electron chi connectivity index (χ2n) is 2.99. The van der Waals surface area contributed by atoms with Crippen LogP contribution in [0.2, 0.25) is 0 Å². The Morgan fingerprint density at radius 2 is 2.50 bits per heavy atom. The van der Waals surface area contributed by atoms with Gasteiger partial charge in [-0.15, -0.1) is 11.8 Å². The number of carbonyl (C=O) groups is 1. The van der Waals surface area contributed by atoms with Crippen molar-refractivity contribution in [2.24, 2.45) is 0 Å². The van der Waals surface area contributed by atoms with Gasteiger partial charge < -0.3 is 5.32 Å². The molecule has 4 heteroatoms. The number of hydrogen-bond donors (Lipinski definition) is 2. The first kappa shape index (κ1) is 9.86. The van der Waals surface area contributed by atoms with Crippen molar-refractivity contribution in [3.8, 4) is 0 Å². The highest BCUT2D eigenvalue weighted by molar-refractivity contribution is 8.00. The minimum atomic E-state index is 0.0246. The molecule has 0 spiro atoms. The van der Waals surface area contributed by atoms with Gasteiger partial charge in [-0.2, -0.15) is 0 Å². The zero-order valence-corrected chi connectivity index (χ0v) is 8.41. The number of carbonyl (C=O) groups excluding carboxylic acids is 1. The molecule has 1 heterocycles. The van der Waals surface area contributed by atoms with E-state index in [1.807, 2.05) is 0 Å². The fourth-order valence-corrected chi connectivity index (χ4v) is 2.13. The van der Waals surface area contributed by atoms with E-state index in [-0.39, 0.29) is 11.9 Å². The summed E-state index contributed by atoms with van der Waals surface area (Å²) in [5.74, 6) is 1.05. The van der Waals surface area contributed by atoms with Crippen LogP contribution >= 0.6 is 11.8 Å². The van der Waals surface area contributed by atoms with Gasteiger partial charge in [0.25, 0.3) is 0 Å². The summed E-state index contributed by atoms with van der Waals surface area (Å²) in [6.07, 6.45) is 1.00. The average Bonchev–Trinajstić information content (AvgIpc) is 2.47. The van der Waals surface area contributed by atoms with Crippen LogP contribution in [0.25, 0.3) is 0 Å². The van der Waals surface area contributed by atoms with E-state index in [2.05, 4.69) is 24.5 Å². The fraction of sp³-hybridized carbons (Fsp3) is 0.875. The molecule has 2 atom stereocenters. The SMILES string of the molecule is CCCNC(=O)[C@@H]1CSC(C)N1. The third-order valence-electron chi connectivity index (χ3n) is 1.81. The van der Waals surface area contributed by atoms with E-state index in [0.29, 0.717) is 5.37 Å².